The lowest BCUT2D eigenvalue weighted by Crippen LogP contribution is -2.30. The first-order valence-corrected chi connectivity index (χ1v) is 5.61. The van der Waals surface area contributed by atoms with E-state index in [2.05, 4.69) is 20.8 Å². The number of rotatable bonds is 6. The average Bonchev–Trinajstić information content (AvgIpc) is 2.39. The zero-order valence-electron chi connectivity index (χ0n) is 10.1. The van der Waals surface area contributed by atoms with Crippen LogP contribution in [0.3, 0.4) is 0 Å². The van der Waals surface area contributed by atoms with Crippen molar-refractivity contribution in [3.8, 4) is 6.07 Å². The summed E-state index contributed by atoms with van der Waals surface area (Å²) in [5.74, 6) is -0.740. The van der Waals surface area contributed by atoms with Gasteiger partial charge in [-0.25, -0.2) is 5.10 Å². The van der Waals surface area contributed by atoms with Crippen LogP contribution in [0.4, 0.5) is 0 Å². The molecule has 0 aliphatic rings. The van der Waals surface area contributed by atoms with Gasteiger partial charge in [0.05, 0.1) is 6.07 Å². The Kier molecular flexibility index (Phi) is 5.75. The SMILES string of the molecule is N#CCC(=O)NCCCNC(=O)c1ccc(=O)[nH]n1. The normalized spacial score (nSPS) is 9.42. The zero-order valence-corrected chi connectivity index (χ0v) is 10.1. The summed E-state index contributed by atoms with van der Waals surface area (Å²) in [7, 11) is 0. The highest BCUT2D eigenvalue weighted by Crippen LogP contribution is 1.88. The predicted octanol–water partition coefficient (Wildman–Crippen LogP) is -1.08. The molecule has 0 aromatic carbocycles. The molecule has 0 saturated heterocycles. The molecule has 8 heteroatoms. The van der Waals surface area contributed by atoms with Crippen LogP contribution in [-0.2, 0) is 4.79 Å². The number of aromatic nitrogens is 2. The van der Waals surface area contributed by atoms with Crippen LogP contribution in [0.1, 0.15) is 23.3 Å². The van der Waals surface area contributed by atoms with Gasteiger partial charge < -0.3 is 10.6 Å². The topological polar surface area (TPSA) is 128 Å². The number of hydrogen-bond donors (Lipinski definition) is 3. The van der Waals surface area contributed by atoms with Gasteiger partial charge in [-0.15, -0.1) is 0 Å². The molecule has 0 aliphatic heterocycles. The minimum absolute atomic E-state index is 0.119. The summed E-state index contributed by atoms with van der Waals surface area (Å²) >= 11 is 0. The first-order chi connectivity index (χ1) is 9.13. The van der Waals surface area contributed by atoms with Gasteiger partial charge in [-0.1, -0.05) is 0 Å². The third kappa shape index (κ3) is 5.45. The Morgan fingerprint density at radius 3 is 2.68 bits per heavy atom. The van der Waals surface area contributed by atoms with Gasteiger partial charge in [-0.05, 0) is 12.5 Å². The summed E-state index contributed by atoms with van der Waals surface area (Å²) in [5.41, 5.74) is -0.259. The summed E-state index contributed by atoms with van der Waals surface area (Å²) in [6, 6.07) is 4.27. The van der Waals surface area contributed by atoms with Crippen LogP contribution in [0.25, 0.3) is 0 Å². The minimum atomic E-state index is -0.403. The smallest absolute Gasteiger partial charge is 0.271 e. The summed E-state index contributed by atoms with van der Waals surface area (Å²) < 4.78 is 0. The predicted molar refractivity (Wildman–Crippen MR) is 65.0 cm³/mol. The Balaban J connectivity index is 2.21. The fraction of sp³-hybridized carbons (Fsp3) is 0.364. The summed E-state index contributed by atoms with van der Waals surface area (Å²) in [5, 5.41) is 19.1. The van der Waals surface area contributed by atoms with Crippen LogP contribution in [0.5, 0.6) is 0 Å². The van der Waals surface area contributed by atoms with Gasteiger partial charge in [-0.3, -0.25) is 14.4 Å². The van der Waals surface area contributed by atoms with Crippen molar-refractivity contribution in [2.24, 2.45) is 0 Å². The maximum Gasteiger partial charge on any atom is 0.271 e. The standard InChI is InChI=1S/C11H13N5O3/c12-5-4-9(17)13-6-1-7-14-11(19)8-2-3-10(18)16-15-8/h2-3H,1,4,6-7H2,(H,13,17)(H,14,19)(H,16,18). The van der Waals surface area contributed by atoms with E-state index in [0.29, 0.717) is 19.5 Å². The number of nitriles is 1. The van der Waals surface area contributed by atoms with E-state index >= 15 is 0 Å². The van der Waals surface area contributed by atoms with E-state index in [0.717, 1.165) is 0 Å². The van der Waals surface area contributed by atoms with E-state index < -0.39 is 5.91 Å². The maximum atomic E-state index is 11.5. The van der Waals surface area contributed by atoms with Gasteiger partial charge >= 0.3 is 0 Å². The Labute approximate surface area is 108 Å². The molecular weight excluding hydrogens is 250 g/mol. The van der Waals surface area contributed by atoms with Crippen LogP contribution in [0.15, 0.2) is 16.9 Å². The third-order valence-corrected chi connectivity index (χ3v) is 2.11. The Hall–Kier alpha value is -2.69. The number of carbonyl (C=O) groups excluding carboxylic acids is 2. The molecule has 1 aromatic rings. The largest absolute Gasteiger partial charge is 0.355 e. The molecule has 19 heavy (non-hydrogen) atoms. The maximum absolute atomic E-state index is 11.5. The summed E-state index contributed by atoms with van der Waals surface area (Å²) in [6.07, 6.45) is 0.361. The lowest BCUT2D eigenvalue weighted by Gasteiger charge is -2.05. The molecule has 100 valence electrons. The number of aromatic amines is 1. The first kappa shape index (κ1) is 14.4. The third-order valence-electron chi connectivity index (χ3n) is 2.11. The van der Waals surface area contributed by atoms with Crippen molar-refractivity contribution in [2.75, 3.05) is 13.1 Å². The monoisotopic (exact) mass is 263 g/mol. The van der Waals surface area contributed by atoms with Crippen LogP contribution < -0.4 is 16.2 Å². The van der Waals surface area contributed by atoms with E-state index in [1.807, 2.05) is 0 Å². The van der Waals surface area contributed by atoms with Crippen molar-refractivity contribution >= 4 is 11.8 Å². The quantitative estimate of drug-likeness (QED) is 0.562. The molecule has 0 saturated carbocycles. The van der Waals surface area contributed by atoms with Gasteiger partial charge in [0.1, 0.15) is 12.1 Å². The average molecular weight is 263 g/mol. The number of carbonyl (C=O) groups is 2. The molecule has 3 N–H and O–H groups in total. The molecule has 0 radical (unpaired) electrons. The van der Waals surface area contributed by atoms with E-state index in [-0.39, 0.29) is 23.6 Å². The lowest BCUT2D eigenvalue weighted by atomic mass is 10.3. The van der Waals surface area contributed by atoms with Crippen molar-refractivity contribution in [1.29, 1.82) is 5.26 Å². The zero-order chi connectivity index (χ0) is 14.1. The van der Waals surface area contributed by atoms with Crippen molar-refractivity contribution in [3.63, 3.8) is 0 Å². The van der Waals surface area contributed by atoms with Gasteiger partial charge in [0.2, 0.25) is 5.91 Å². The molecule has 1 rings (SSSR count). The Morgan fingerprint density at radius 1 is 1.32 bits per heavy atom. The van der Waals surface area contributed by atoms with Crippen LogP contribution in [0, 0.1) is 11.3 Å². The molecule has 1 aromatic heterocycles. The molecule has 0 fully saturated rings. The molecule has 2 amide bonds. The fourth-order valence-corrected chi connectivity index (χ4v) is 1.21. The highest BCUT2D eigenvalue weighted by atomic mass is 16.2. The van der Waals surface area contributed by atoms with Crippen LogP contribution in [-0.4, -0.2) is 35.1 Å². The van der Waals surface area contributed by atoms with Gasteiger partial charge in [0.25, 0.3) is 11.5 Å². The molecule has 0 atom stereocenters. The highest BCUT2D eigenvalue weighted by molar-refractivity contribution is 5.91. The second kappa shape index (κ2) is 7.60. The number of H-pyrrole nitrogens is 1. The summed E-state index contributed by atoms with van der Waals surface area (Å²) in [6.45, 7) is 0.728. The number of nitrogens with one attached hydrogen (secondary N) is 3. The lowest BCUT2D eigenvalue weighted by molar-refractivity contribution is -0.120. The molecule has 1 heterocycles. The van der Waals surface area contributed by atoms with Gasteiger partial charge in [-0.2, -0.15) is 10.4 Å². The highest BCUT2D eigenvalue weighted by Gasteiger charge is 2.06. The second-order valence-corrected chi connectivity index (χ2v) is 3.60. The van der Waals surface area contributed by atoms with Gasteiger partial charge in [0.15, 0.2) is 0 Å². The first-order valence-electron chi connectivity index (χ1n) is 5.61. The van der Waals surface area contributed by atoms with E-state index in [1.54, 1.807) is 6.07 Å². The Bertz CT molecular complexity index is 526. The van der Waals surface area contributed by atoms with Gasteiger partial charge in [0, 0.05) is 19.2 Å². The van der Waals surface area contributed by atoms with Crippen molar-refractivity contribution in [3.05, 3.63) is 28.2 Å². The number of nitrogens with zero attached hydrogens (tertiary/aromatic N) is 2. The molecule has 0 unspecified atom stereocenters. The fourth-order valence-electron chi connectivity index (χ4n) is 1.21. The number of hydrogen-bond acceptors (Lipinski definition) is 5. The van der Waals surface area contributed by atoms with E-state index in [1.165, 1.54) is 12.1 Å². The second-order valence-electron chi connectivity index (χ2n) is 3.60. The van der Waals surface area contributed by atoms with Crippen molar-refractivity contribution < 1.29 is 9.59 Å². The van der Waals surface area contributed by atoms with Crippen molar-refractivity contribution in [2.45, 2.75) is 12.8 Å². The van der Waals surface area contributed by atoms with Crippen LogP contribution >= 0.6 is 0 Å². The molecule has 8 nitrogen and oxygen atoms in total. The number of amides is 2. The van der Waals surface area contributed by atoms with Crippen molar-refractivity contribution in [1.82, 2.24) is 20.8 Å². The molecular formula is C11H13N5O3. The molecule has 0 aliphatic carbocycles. The van der Waals surface area contributed by atoms with E-state index in [4.69, 9.17) is 5.26 Å². The minimum Gasteiger partial charge on any atom is -0.355 e. The Morgan fingerprint density at radius 2 is 2.05 bits per heavy atom. The molecule has 0 spiro atoms. The summed E-state index contributed by atoms with van der Waals surface area (Å²) in [4.78, 5) is 33.2. The van der Waals surface area contributed by atoms with Crippen LogP contribution in [0.2, 0.25) is 0 Å². The molecule has 0 bridgehead atoms. The van der Waals surface area contributed by atoms with E-state index in [9.17, 15) is 14.4 Å².